The maximum Gasteiger partial charge on any atom is 0.226 e. The van der Waals surface area contributed by atoms with Gasteiger partial charge in [0.05, 0.1) is 13.2 Å². The molecule has 5 heteroatoms. The van der Waals surface area contributed by atoms with Crippen molar-refractivity contribution in [2.45, 2.75) is 45.6 Å². The lowest BCUT2D eigenvalue weighted by Gasteiger charge is -2.18. The van der Waals surface area contributed by atoms with Crippen LogP contribution in [0.5, 0.6) is 0 Å². The summed E-state index contributed by atoms with van der Waals surface area (Å²) in [6, 6.07) is 0. The molecule has 0 saturated heterocycles. The summed E-state index contributed by atoms with van der Waals surface area (Å²) < 4.78 is 11.4. The van der Waals surface area contributed by atoms with E-state index in [2.05, 4.69) is 31.9 Å². The van der Waals surface area contributed by atoms with E-state index < -0.39 is 17.0 Å². The molecule has 2 N–H and O–H groups in total. The lowest BCUT2D eigenvalue weighted by molar-refractivity contribution is 0.218. The van der Waals surface area contributed by atoms with E-state index in [0.717, 1.165) is 0 Å². The summed E-state index contributed by atoms with van der Waals surface area (Å²) in [5, 5.41) is 0. The van der Waals surface area contributed by atoms with Crippen LogP contribution < -0.4 is 5.73 Å². The van der Waals surface area contributed by atoms with E-state index in [9.17, 15) is 0 Å². The summed E-state index contributed by atoms with van der Waals surface area (Å²) >= 11 is 0. The van der Waals surface area contributed by atoms with Crippen molar-refractivity contribution >= 4 is 22.6 Å². The Labute approximate surface area is 96.4 Å². The molecule has 0 bridgehead atoms. The summed E-state index contributed by atoms with van der Waals surface area (Å²) in [5.74, 6) is 0. The molecule has 15 heavy (non-hydrogen) atoms. The Morgan fingerprint density at radius 3 is 2.20 bits per heavy atom. The SMILES string of the molecule is C[Si](=CC(C)(C)N)OCCO[Si](C)(C)C. The van der Waals surface area contributed by atoms with E-state index in [0.29, 0.717) is 13.2 Å². The van der Waals surface area contributed by atoms with Crippen molar-refractivity contribution in [3.63, 3.8) is 0 Å². The van der Waals surface area contributed by atoms with Gasteiger partial charge in [0.15, 0.2) is 8.32 Å². The molecule has 0 unspecified atom stereocenters. The van der Waals surface area contributed by atoms with Gasteiger partial charge in [0, 0.05) is 5.54 Å². The maximum absolute atomic E-state index is 5.88. The first-order valence-electron chi connectivity index (χ1n) is 5.35. The van der Waals surface area contributed by atoms with Crippen LogP contribution in [0.15, 0.2) is 0 Å². The molecule has 0 rings (SSSR count). The Bertz CT molecular complexity index is 216. The van der Waals surface area contributed by atoms with E-state index >= 15 is 0 Å². The average Bonchev–Trinajstić information content (AvgIpc) is 1.92. The van der Waals surface area contributed by atoms with Gasteiger partial charge in [0.1, 0.15) is 0 Å². The minimum atomic E-state index is -1.38. The average molecular weight is 247 g/mol. The molecule has 0 saturated carbocycles. The van der Waals surface area contributed by atoms with Gasteiger partial charge in [-0.25, -0.2) is 0 Å². The lowest BCUT2D eigenvalue weighted by Crippen LogP contribution is -2.37. The fraction of sp³-hybridized carbons (Fsp3) is 0.900. The minimum absolute atomic E-state index is 0.233. The molecule has 0 aromatic rings. The normalized spacial score (nSPS) is 14.2. The van der Waals surface area contributed by atoms with Gasteiger partial charge in [-0.3, -0.25) is 0 Å². The summed E-state index contributed by atoms with van der Waals surface area (Å²) in [7, 11) is -2.26. The largest absolute Gasteiger partial charge is 0.549 e. The molecule has 3 nitrogen and oxygen atoms in total. The Hall–Kier alpha value is 0.0238. The molecule has 0 aliphatic heterocycles. The van der Waals surface area contributed by atoms with Crippen LogP contribution in [0.3, 0.4) is 0 Å². The molecule has 0 radical (unpaired) electrons. The molecule has 0 aliphatic carbocycles. The Morgan fingerprint density at radius 2 is 1.80 bits per heavy atom. The standard InChI is InChI=1S/C10H25NO2Si2/c1-10(2,11)9-14(3)12-7-8-13-15(4,5)6/h9H,7-8,11H2,1-6H3. The molecule has 90 valence electrons. The van der Waals surface area contributed by atoms with Gasteiger partial charge in [-0.2, -0.15) is 0 Å². The van der Waals surface area contributed by atoms with Crippen LogP contribution >= 0.6 is 0 Å². The fourth-order valence-electron chi connectivity index (χ4n) is 1.12. The van der Waals surface area contributed by atoms with Crippen molar-refractivity contribution in [3.8, 4) is 0 Å². The summed E-state index contributed by atoms with van der Waals surface area (Å²) in [4.78, 5) is 0. The highest BCUT2D eigenvalue weighted by atomic mass is 28.4. The van der Waals surface area contributed by atoms with Crippen LogP contribution in [0.2, 0.25) is 26.2 Å². The molecule has 0 amide bonds. The summed E-state index contributed by atoms with van der Waals surface area (Å²) in [6.07, 6.45) is 0. The van der Waals surface area contributed by atoms with Crippen LogP contribution in [0.4, 0.5) is 0 Å². The quantitative estimate of drug-likeness (QED) is 0.573. The zero-order valence-electron chi connectivity index (χ0n) is 10.9. The minimum Gasteiger partial charge on any atom is -0.549 e. The molecule has 0 heterocycles. The van der Waals surface area contributed by atoms with Crippen LogP contribution in [-0.4, -0.2) is 41.4 Å². The molecule has 0 aliphatic rings. The zero-order chi connectivity index (χ0) is 12.1. The van der Waals surface area contributed by atoms with E-state index in [1.54, 1.807) is 0 Å². The topological polar surface area (TPSA) is 44.5 Å². The number of hydrogen-bond acceptors (Lipinski definition) is 3. The highest BCUT2D eigenvalue weighted by Crippen LogP contribution is 2.01. The van der Waals surface area contributed by atoms with Crippen LogP contribution in [0.1, 0.15) is 13.8 Å². The third-order valence-corrected chi connectivity index (χ3v) is 4.40. The highest BCUT2D eigenvalue weighted by molar-refractivity contribution is 6.69. The summed E-state index contributed by atoms with van der Waals surface area (Å²) in [6.45, 7) is 14.0. The summed E-state index contributed by atoms with van der Waals surface area (Å²) in [5.41, 5.74) is 7.75. The van der Waals surface area contributed by atoms with Crippen LogP contribution in [0, 0.1) is 0 Å². The number of rotatable bonds is 6. The van der Waals surface area contributed by atoms with Gasteiger partial charge < -0.3 is 14.6 Å². The van der Waals surface area contributed by atoms with Crippen molar-refractivity contribution < 1.29 is 8.85 Å². The monoisotopic (exact) mass is 247 g/mol. The maximum atomic E-state index is 5.88. The van der Waals surface area contributed by atoms with Gasteiger partial charge in [0.2, 0.25) is 8.65 Å². The lowest BCUT2D eigenvalue weighted by atomic mass is 10.1. The van der Waals surface area contributed by atoms with E-state index in [1.807, 2.05) is 13.8 Å². The first-order chi connectivity index (χ1) is 6.60. The Morgan fingerprint density at radius 1 is 1.27 bits per heavy atom. The first-order valence-corrected chi connectivity index (χ1v) is 10.7. The number of hydrogen-bond donors (Lipinski definition) is 1. The van der Waals surface area contributed by atoms with Gasteiger partial charge in [-0.05, 0) is 45.7 Å². The second-order valence-corrected chi connectivity index (χ2v) is 11.7. The Balaban J connectivity index is 3.74. The molecule has 0 spiro atoms. The smallest absolute Gasteiger partial charge is 0.226 e. The highest BCUT2D eigenvalue weighted by Gasteiger charge is 2.13. The predicted molar refractivity (Wildman–Crippen MR) is 71.2 cm³/mol. The Kier molecular flexibility index (Phi) is 5.94. The second kappa shape index (κ2) is 5.93. The van der Waals surface area contributed by atoms with Crippen molar-refractivity contribution in [1.82, 2.24) is 0 Å². The molecule has 0 fully saturated rings. The zero-order valence-corrected chi connectivity index (χ0v) is 12.9. The fourth-order valence-corrected chi connectivity index (χ4v) is 3.35. The van der Waals surface area contributed by atoms with Crippen molar-refractivity contribution in [3.05, 3.63) is 0 Å². The third-order valence-electron chi connectivity index (χ3n) is 1.52. The van der Waals surface area contributed by atoms with Crippen molar-refractivity contribution in [2.24, 2.45) is 5.73 Å². The van der Waals surface area contributed by atoms with Gasteiger partial charge >= 0.3 is 0 Å². The second-order valence-electron chi connectivity index (χ2n) is 5.39. The molecule has 0 aromatic carbocycles. The molecule has 0 aromatic heterocycles. The number of nitrogens with two attached hydrogens (primary N) is 1. The first kappa shape index (κ1) is 15.0. The van der Waals surface area contributed by atoms with E-state index in [4.69, 9.17) is 14.6 Å². The molecular formula is C10H25NO2Si2. The molecule has 0 atom stereocenters. The van der Waals surface area contributed by atoms with E-state index in [-0.39, 0.29) is 5.54 Å². The van der Waals surface area contributed by atoms with Crippen molar-refractivity contribution in [1.29, 1.82) is 0 Å². The van der Waals surface area contributed by atoms with Crippen LogP contribution in [0.25, 0.3) is 0 Å². The van der Waals surface area contributed by atoms with Crippen LogP contribution in [-0.2, 0) is 8.85 Å². The third kappa shape index (κ3) is 12.0. The van der Waals surface area contributed by atoms with Gasteiger partial charge in [-0.15, -0.1) is 0 Å². The van der Waals surface area contributed by atoms with Gasteiger partial charge in [-0.1, -0.05) is 0 Å². The van der Waals surface area contributed by atoms with Crippen molar-refractivity contribution in [2.75, 3.05) is 13.2 Å². The molecular weight excluding hydrogens is 222 g/mol. The van der Waals surface area contributed by atoms with E-state index in [1.165, 1.54) is 0 Å². The van der Waals surface area contributed by atoms with Gasteiger partial charge in [0.25, 0.3) is 0 Å². The predicted octanol–water partition coefficient (Wildman–Crippen LogP) is 1.60.